The van der Waals surface area contributed by atoms with Crippen LogP contribution in [0.1, 0.15) is 25.8 Å². The first-order valence-corrected chi connectivity index (χ1v) is 6.84. The van der Waals surface area contributed by atoms with Gasteiger partial charge < -0.3 is 0 Å². The molecular formula is C12H15BrN2O4. The summed E-state index contributed by atoms with van der Waals surface area (Å²) in [5.74, 6) is 0.213. The largest absolute Gasteiger partial charge is 0.279 e. The van der Waals surface area contributed by atoms with Gasteiger partial charge in [0.25, 0.3) is 11.4 Å². The third-order valence-electron chi connectivity index (χ3n) is 3.03. The predicted molar refractivity (Wildman–Crippen MR) is 75.6 cm³/mol. The number of nitrogens with zero attached hydrogens (tertiary/aromatic N) is 2. The number of alkyl halides is 1. The minimum absolute atomic E-state index is 0.183. The fourth-order valence-electron chi connectivity index (χ4n) is 1.89. The molecule has 0 aromatic heterocycles. The molecule has 0 aliphatic rings. The molecule has 0 saturated carbocycles. The minimum atomic E-state index is -0.625. The molecule has 0 radical (unpaired) electrons. The maximum absolute atomic E-state index is 11.0. The Morgan fingerprint density at radius 3 is 2.37 bits per heavy atom. The SMILES string of the molecule is CCC(Br)C(C)Cc1ccc([N+](=O)[O-])cc1[N+](=O)[O-]. The van der Waals surface area contributed by atoms with Crippen molar-refractivity contribution in [1.29, 1.82) is 0 Å². The molecule has 104 valence electrons. The number of benzene rings is 1. The zero-order chi connectivity index (χ0) is 14.6. The molecule has 0 amide bonds. The van der Waals surface area contributed by atoms with E-state index in [1.165, 1.54) is 12.1 Å². The summed E-state index contributed by atoms with van der Waals surface area (Å²) in [5.41, 5.74) is 0.0897. The number of halogens is 1. The van der Waals surface area contributed by atoms with Gasteiger partial charge in [0.15, 0.2) is 0 Å². The van der Waals surface area contributed by atoms with E-state index in [4.69, 9.17) is 0 Å². The van der Waals surface area contributed by atoms with Crippen LogP contribution in [0, 0.1) is 26.1 Å². The summed E-state index contributed by atoms with van der Waals surface area (Å²) in [6, 6.07) is 3.81. The number of hydrogen-bond donors (Lipinski definition) is 0. The van der Waals surface area contributed by atoms with Crippen LogP contribution in [0.25, 0.3) is 0 Å². The first kappa shape index (κ1) is 15.6. The highest BCUT2D eigenvalue weighted by atomic mass is 79.9. The Labute approximate surface area is 119 Å². The van der Waals surface area contributed by atoms with Crippen molar-refractivity contribution in [3.8, 4) is 0 Å². The van der Waals surface area contributed by atoms with Crippen molar-refractivity contribution < 1.29 is 9.85 Å². The molecule has 0 bridgehead atoms. The van der Waals surface area contributed by atoms with Crippen molar-refractivity contribution in [2.24, 2.45) is 5.92 Å². The lowest BCUT2D eigenvalue weighted by molar-refractivity contribution is -0.394. The molecule has 1 aromatic carbocycles. The summed E-state index contributed by atoms with van der Waals surface area (Å²) in [7, 11) is 0. The molecule has 0 fully saturated rings. The van der Waals surface area contributed by atoms with Crippen molar-refractivity contribution in [2.45, 2.75) is 31.5 Å². The van der Waals surface area contributed by atoms with Crippen LogP contribution in [0.2, 0.25) is 0 Å². The topological polar surface area (TPSA) is 86.3 Å². The number of non-ortho nitro benzene ring substituents is 1. The Morgan fingerprint density at radius 2 is 1.89 bits per heavy atom. The van der Waals surface area contributed by atoms with Crippen LogP contribution in [0.5, 0.6) is 0 Å². The zero-order valence-corrected chi connectivity index (χ0v) is 12.3. The molecule has 0 aliphatic carbocycles. The van der Waals surface area contributed by atoms with Crippen molar-refractivity contribution in [3.05, 3.63) is 44.0 Å². The third-order valence-corrected chi connectivity index (χ3v) is 4.58. The van der Waals surface area contributed by atoms with E-state index in [1.54, 1.807) is 0 Å². The van der Waals surface area contributed by atoms with Gasteiger partial charge in [-0.25, -0.2) is 0 Å². The molecule has 19 heavy (non-hydrogen) atoms. The normalized spacial score (nSPS) is 13.8. The van der Waals surface area contributed by atoms with Gasteiger partial charge in [0.2, 0.25) is 0 Å². The van der Waals surface area contributed by atoms with Gasteiger partial charge in [-0.2, -0.15) is 0 Å². The molecule has 6 nitrogen and oxygen atoms in total. The molecule has 0 spiro atoms. The summed E-state index contributed by atoms with van der Waals surface area (Å²) in [6.45, 7) is 4.02. The summed E-state index contributed by atoms with van der Waals surface area (Å²) >= 11 is 3.52. The second-order valence-corrected chi connectivity index (χ2v) is 5.61. The second kappa shape index (κ2) is 6.60. The standard InChI is InChI=1S/C12H15BrN2O4/c1-3-11(13)8(2)6-9-4-5-10(14(16)17)7-12(9)15(18)19/h4-5,7-8,11H,3,6H2,1-2H3. The lowest BCUT2D eigenvalue weighted by Crippen LogP contribution is -2.13. The molecular weight excluding hydrogens is 316 g/mol. The Kier molecular flexibility index (Phi) is 5.41. The molecule has 0 N–H and O–H groups in total. The number of nitro benzene ring substituents is 2. The monoisotopic (exact) mass is 330 g/mol. The Bertz CT molecular complexity index is 493. The first-order valence-electron chi connectivity index (χ1n) is 5.92. The first-order chi connectivity index (χ1) is 8.86. The van der Waals surface area contributed by atoms with Crippen LogP contribution >= 0.6 is 15.9 Å². The van der Waals surface area contributed by atoms with Crippen LogP contribution in [0.3, 0.4) is 0 Å². The van der Waals surface area contributed by atoms with E-state index < -0.39 is 9.85 Å². The van der Waals surface area contributed by atoms with Gasteiger partial charge >= 0.3 is 0 Å². The minimum Gasteiger partial charge on any atom is -0.258 e. The lowest BCUT2D eigenvalue weighted by Gasteiger charge is -2.16. The van der Waals surface area contributed by atoms with E-state index in [-0.39, 0.29) is 22.1 Å². The van der Waals surface area contributed by atoms with E-state index in [0.29, 0.717) is 12.0 Å². The summed E-state index contributed by atoms with van der Waals surface area (Å²) in [6.07, 6.45) is 1.43. The van der Waals surface area contributed by atoms with Crippen LogP contribution in [-0.2, 0) is 6.42 Å². The quantitative estimate of drug-likeness (QED) is 0.450. The van der Waals surface area contributed by atoms with Gasteiger partial charge in [-0.1, -0.05) is 29.8 Å². The van der Waals surface area contributed by atoms with E-state index in [1.807, 2.05) is 13.8 Å². The highest BCUT2D eigenvalue weighted by molar-refractivity contribution is 9.09. The van der Waals surface area contributed by atoms with Crippen molar-refractivity contribution in [2.75, 3.05) is 0 Å². The smallest absolute Gasteiger partial charge is 0.258 e. The number of hydrogen-bond acceptors (Lipinski definition) is 4. The van der Waals surface area contributed by atoms with E-state index in [2.05, 4.69) is 15.9 Å². The third kappa shape index (κ3) is 3.99. The van der Waals surface area contributed by atoms with E-state index in [9.17, 15) is 20.2 Å². The molecule has 1 rings (SSSR count). The number of nitro groups is 2. The van der Waals surface area contributed by atoms with Crippen LogP contribution in [0.4, 0.5) is 11.4 Å². The average molecular weight is 331 g/mol. The Morgan fingerprint density at radius 1 is 1.26 bits per heavy atom. The van der Waals surface area contributed by atoms with Gasteiger partial charge in [-0.05, 0) is 24.8 Å². The van der Waals surface area contributed by atoms with E-state index in [0.717, 1.165) is 12.5 Å². The zero-order valence-electron chi connectivity index (χ0n) is 10.7. The Balaban J connectivity index is 3.07. The van der Waals surface area contributed by atoms with Crippen LogP contribution in [-0.4, -0.2) is 14.7 Å². The molecule has 0 heterocycles. The van der Waals surface area contributed by atoms with Gasteiger partial charge in [-0.3, -0.25) is 20.2 Å². The van der Waals surface area contributed by atoms with Gasteiger partial charge in [-0.15, -0.1) is 0 Å². The van der Waals surface area contributed by atoms with Crippen molar-refractivity contribution in [1.82, 2.24) is 0 Å². The van der Waals surface area contributed by atoms with Gasteiger partial charge in [0, 0.05) is 16.5 Å². The molecule has 0 aliphatic heterocycles. The highest BCUT2D eigenvalue weighted by Gasteiger charge is 2.22. The second-order valence-electron chi connectivity index (χ2n) is 4.43. The average Bonchev–Trinajstić information content (AvgIpc) is 2.37. The van der Waals surface area contributed by atoms with Crippen molar-refractivity contribution >= 4 is 27.3 Å². The molecule has 0 saturated heterocycles. The predicted octanol–water partition coefficient (Wildman–Crippen LogP) is 3.86. The highest BCUT2D eigenvalue weighted by Crippen LogP contribution is 2.29. The van der Waals surface area contributed by atoms with Crippen molar-refractivity contribution in [3.63, 3.8) is 0 Å². The molecule has 1 aromatic rings. The Hall–Kier alpha value is -1.50. The molecule has 7 heteroatoms. The number of rotatable bonds is 6. The molecule has 2 atom stereocenters. The van der Waals surface area contributed by atoms with Gasteiger partial charge in [0.1, 0.15) is 0 Å². The van der Waals surface area contributed by atoms with Crippen LogP contribution < -0.4 is 0 Å². The summed E-state index contributed by atoms with van der Waals surface area (Å²) in [4.78, 5) is 20.7. The summed E-state index contributed by atoms with van der Waals surface area (Å²) < 4.78 is 0. The fourth-order valence-corrected chi connectivity index (χ4v) is 2.07. The van der Waals surface area contributed by atoms with E-state index >= 15 is 0 Å². The van der Waals surface area contributed by atoms with Crippen LogP contribution in [0.15, 0.2) is 18.2 Å². The van der Waals surface area contributed by atoms with Gasteiger partial charge in [0.05, 0.1) is 15.9 Å². The summed E-state index contributed by atoms with van der Waals surface area (Å²) in [5, 5.41) is 21.6. The lowest BCUT2D eigenvalue weighted by atomic mass is 9.95. The fraction of sp³-hybridized carbons (Fsp3) is 0.500. The molecule has 2 unspecified atom stereocenters. The maximum Gasteiger partial charge on any atom is 0.279 e. The maximum atomic E-state index is 11.0.